The Balaban J connectivity index is 2.00. The fourth-order valence-corrected chi connectivity index (χ4v) is 3.03. The Labute approximate surface area is 121 Å². The summed E-state index contributed by atoms with van der Waals surface area (Å²) in [6.07, 6.45) is 3.84. The van der Waals surface area contributed by atoms with Crippen LogP contribution in [-0.2, 0) is 0 Å². The molecule has 0 bridgehead atoms. The zero-order valence-corrected chi connectivity index (χ0v) is 12.5. The largest absolute Gasteiger partial charge is 0.365 e. The van der Waals surface area contributed by atoms with Crippen LogP contribution in [0.15, 0.2) is 36.7 Å². The normalized spacial score (nSPS) is 23.5. The van der Waals surface area contributed by atoms with E-state index < -0.39 is 0 Å². The quantitative estimate of drug-likeness (QED) is 0.908. The molecule has 3 nitrogen and oxygen atoms in total. The molecule has 1 aliphatic heterocycles. The average molecular weight is 269 g/mol. The van der Waals surface area contributed by atoms with Gasteiger partial charge in [-0.15, -0.1) is 0 Å². The Hall–Kier alpha value is -1.61. The molecular formula is C17H23N3. The summed E-state index contributed by atoms with van der Waals surface area (Å²) in [7, 11) is 0. The summed E-state index contributed by atoms with van der Waals surface area (Å²) in [5.41, 5.74) is 1.34. The van der Waals surface area contributed by atoms with E-state index in [0.29, 0.717) is 18.0 Å². The van der Waals surface area contributed by atoms with Crippen molar-refractivity contribution in [1.82, 2.24) is 10.3 Å². The molecule has 1 aliphatic rings. The summed E-state index contributed by atoms with van der Waals surface area (Å²) < 4.78 is 0. The third-order valence-electron chi connectivity index (χ3n) is 4.37. The number of aromatic nitrogens is 1. The SMILES string of the molecule is CC(C)C1CN(c2cccc3cnccc23)C(C)CN1. The van der Waals surface area contributed by atoms with Gasteiger partial charge < -0.3 is 10.2 Å². The van der Waals surface area contributed by atoms with E-state index in [2.05, 4.69) is 60.2 Å². The molecule has 0 radical (unpaired) electrons. The number of benzene rings is 1. The monoisotopic (exact) mass is 269 g/mol. The van der Waals surface area contributed by atoms with Gasteiger partial charge in [-0.3, -0.25) is 4.98 Å². The standard InChI is InChI=1S/C17H23N3/c1-12(2)16-11-20(13(3)9-19-16)17-6-4-5-14-10-18-8-7-15(14)17/h4-8,10,12-13,16,19H,9,11H2,1-3H3. The zero-order chi connectivity index (χ0) is 14.1. The van der Waals surface area contributed by atoms with Crippen LogP contribution < -0.4 is 10.2 Å². The number of rotatable bonds is 2. The Morgan fingerprint density at radius 3 is 2.95 bits per heavy atom. The number of anilines is 1. The lowest BCUT2D eigenvalue weighted by atomic mass is 9.98. The molecule has 1 aromatic heterocycles. The van der Waals surface area contributed by atoms with Gasteiger partial charge in [0.05, 0.1) is 0 Å². The van der Waals surface area contributed by atoms with Crippen LogP contribution in [-0.4, -0.2) is 30.2 Å². The first-order valence-electron chi connectivity index (χ1n) is 7.49. The Kier molecular flexibility index (Phi) is 3.62. The number of piperazine rings is 1. The van der Waals surface area contributed by atoms with Crippen LogP contribution in [0.3, 0.4) is 0 Å². The second-order valence-electron chi connectivity index (χ2n) is 6.13. The maximum absolute atomic E-state index is 4.23. The lowest BCUT2D eigenvalue weighted by Gasteiger charge is -2.42. The molecule has 1 fully saturated rings. The Morgan fingerprint density at radius 1 is 1.30 bits per heavy atom. The molecule has 2 unspecified atom stereocenters. The molecule has 0 amide bonds. The van der Waals surface area contributed by atoms with Gasteiger partial charge in [-0.25, -0.2) is 0 Å². The first kappa shape index (κ1) is 13.4. The van der Waals surface area contributed by atoms with Gasteiger partial charge in [0.25, 0.3) is 0 Å². The van der Waals surface area contributed by atoms with E-state index in [0.717, 1.165) is 13.1 Å². The van der Waals surface area contributed by atoms with Gasteiger partial charge in [-0.2, -0.15) is 0 Å². The predicted molar refractivity (Wildman–Crippen MR) is 85.2 cm³/mol. The first-order valence-corrected chi connectivity index (χ1v) is 7.49. The summed E-state index contributed by atoms with van der Waals surface area (Å²) in [5, 5.41) is 6.19. The molecule has 2 atom stereocenters. The molecule has 1 saturated heterocycles. The van der Waals surface area contributed by atoms with E-state index in [1.807, 2.05) is 12.4 Å². The van der Waals surface area contributed by atoms with Gasteiger partial charge in [-0.1, -0.05) is 26.0 Å². The van der Waals surface area contributed by atoms with Crippen molar-refractivity contribution in [2.24, 2.45) is 5.92 Å². The lowest BCUT2D eigenvalue weighted by Crippen LogP contribution is -2.57. The molecule has 106 valence electrons. The van der Waals surface area contributed by atoms with Crippen LogP contribution in [0.5, 0.6) is 0 Å². The number of nitrogens with zero attached hydrogens (tertiary/aromatic N) is 2. The third kappa shape index (κ3) is 2.38. The highest BCUT2D eigenvalue weighted by Gasteiger charge is 2.27. The third-order valence-corrected chi connectivity index (χ3v) is 4.37. The van der Waals surface area contributed by atoms with Crippen molar-refractivity contribution in [2.75, 3.05) is 18.0 Å². The summed E-state index contributed by atoms with van der Waals surface area (Å²) in [6, 6.07) is 9.72. The Morgan fingerprint density at radius 2 is 2.15 bits per heavy atom. The maximum atomic E-state index is 4.23. The van der Waals surface area contributed by atoms with Crippen molar-refractivity contribution in [3.05, 3.63) is 36.7 Å². The van der Waals surface area contributed by atoms with Gasteiger partial charge >= 0.3 is 0 Å². The van der Waals surface area contributed by atoms with E-state index >= 15 is 0 Å². The number of pyridine rings is 1. The maximum Gasteiger partial charge on any atom is 0.0450 e. The van der Waals surface area contributed by atoms with Crippen LogP contribution >= 0.6 is 0 Å². The van der Waals surface area contributed by atoms with Crippen molar-refractivity contribution >= 4 is 16.5 Å². The first-order chi connectivity index (χ1) is 9.66. The molecule has 0 aliphatic carbocycles. The van der Waals surface area contributed by atoms with Gasteiger partial charge in [0.1, 0.15) is 0 Å². The van der Waals surface area contributed by atoms with E-state index in [4.69, 9.17) is 0 Å². The summed E-state index contributed by atoms with van der Waals surface area (Å²) >= 11 is 0. The Bertz CT molecular complexity index is 588. The van der Waals surface area contributed by atoms with Crippen LogP contribution in [0, 0.1) is 5.92 Å². The predicted octanol–water partition coefficient (Wildman–Crippen LogP) is 3.06. The average Bonchev–Trinajstić information content (AvgIpc) is 2.47. The number of fused-ring (bicyclic) bond motifs is 1. The van der Waals surface area contributed by atoms with Crippen molar-refractivity contribution in [3.63, 3.8) is 0 Å². The second kappa shape index (κ2) is 5.41. The van der Waals surface area contributed by atoms with Gasteiger partial charge in [0.2, 0.25) is 0 Å². The van der Waals surface area contributed by atoms with Crippen LogP contribution in [0.4, 0.5) is 5.69 Å². The molecule has 3 heteroatoms. The summed E-state index contributed by atoms with van der Waals surface area (Å²) in [5.74, 6) is 0.654. The minimum absolute atomic E-state index is 0.517. The molecule has 20 heavy (non-hydrogen) atoms. The van der Waals surface area contributed by atoms with Gasteiger partial charge in [0.15, 0.2) is 0 Å². The molecule has 0 saturated carbocycles. The molecule has 1 aromatic carbocycles. The highest BCUT2D eigenvalue weighted by atomic mass is 15.2. The smallest absolute Gasteiger partial charge is 0.0450 e. The molecule has 3 rings (SSSR count). The molecule has 2 aromatic rings. The molecule has 1 N–H and O–H groups in total. The van der Waals surface area contributed by atoms with E-state index in [1.54, 1.807) is 0 Å². The van der Waals surface area contributed by atoms with Crippen molar-refractivity contribution in [1.29, 1.82) is 0 Å². The van der Waals surface area contributed by atoms with Crippen LogP contribution in [0.25, 0.3) is 10.8 Å². The number of nitrogens with one attached hydrogen (secondary N) is 1. The number of hydrogen-bond acceptors (Lipinski definition) is 3. The molecule has 0 spiro atoms. The highest BCUT2D eigenvalue weighted by Crippen LogP contribution is 2.29. The van der Waals surface area contributed by atoms with Gasteiger partial charge in [0, 0.05) is 54.0 Å². The highest BCUT2D eigenvalue weighted by molar-refractivity contribution is 5.93. The van der Waals surface area contributed by atoms with Crippen LogP contribution in [0.2, 0.25) is 0 Å². The molecular weight excluding hydrogens is 246 g/mol. The topological polar surface area (TPSA) is 28.2 Å². The molecule has 2 heterocycles. The minimum atomic E-state index is 0.517. The van der Waals surface area contributed by atoms with Crippen molar-refractivity contribution < 1.29 is 0 Å². The van der Waals surface area contributed by atoms with E-state index in [-0.39, 0.29) is 0 Å². The van der Waals surface area contributed by atoms with E-state index in [1.165, 1.54) is 16.5 Å². The minimum Gasteiger partial charge on any atom is -0.365 e. The van der Waals surface area contributed by atoms with E-state index in [9.17, 15) is 0 Å². The fourth-order valence-electron chi connectivity index (χ4n) is 3.03. The second-order valence-corrected chi connectivity index (χ2v) is 6.13. The van der Waals surface area contributed by atoms with Gasteiger partial charge in [-0.05, 0) is 25.0 Å². The summed E-state index contributed by atoms with van der Waals surface area (Å²) in [6.45, 7) is 8.99. The zero-order valence-electron chi connectivity index (χ0n) is 12.5. The summed E-state index contributed by atoms with van der Waals surface area (Å²) in [4.78, 5) is 6.78. The lowest BCUT2D eigenvalue weighted by molar-refractivity contribution is 0.337. The van der Waals surface area contributed by atoms with Crippen LogP contribution in [0.1, 0.15) is 20.8 Å². The number of hydrogen-bond donors (Lipinski definition) is 1. The van der Waals surface area contributed by atoms with Crippen molar-refractivity contribution in [2.45, 2.75) is 32.9 Å². The fraction of sp³-hybridized carbons (Fsp3) is 0.471. The van der Waals surface area contributed by atoms with Crippen molar-refractivity contribution in [3.8, 4) is 0 Å².